The first-order valence-corrected chi connectivity index (χ1v) is 6.52. The molecule has 0 radical (unpaired) electrons. The second-order valence-corrected chi connectivity index (χ2v) is 5.23. The first-order chi connectivity index (χ1) is 8.83. The Morgan fingerprint density at radius 1 is 1.37 bits per heavy atom. The molecule has 0 atom stereocenters. The lowest BCUT2D eigenvalue weighted by Gasteiger charge is -2.16. The Kier molecular flexibility index (Phi) is 5.24. The first-order valence-electron chi connectivity index (χ1n) is 6.52. The molecule has 0 spiro atoms. The topological polar surface area (TPSA) is 63.4 Å². The van der Waals surface area contributed by atoms with Crippen LogP contribution in [0.4, 0.5) is 5.69 Å². The summed E-state index contributed by atoms with van der Waals surface area (Å²) in [5.41, 5.74) is 1.16. The zero-order chi connectivity index (χ0) is 14.5. The number of nitro benzene ring substituents is 1. The molecule has 0 aliphatic carbocycles. The minimum Gasteiger partial charge on any atom is -0.386 e. The predicted octanol–water partition coefficient (Wildman–Crippen LogP) is 3.94. The van der Waals surface area contributed by atoms with E-state index >= 15 is 0 Å². The van der Waals surface area contributed by atoms with E-state index < -0.39 is 10.5 Å². The molecule has 0 fully saturated rings. The third kappa shape index (κ3) is 5.22. The second-order valence-electron chi connectivity index (χ2n) is 5.23. The number of nitro groups is 1. The van der Waals surface area contributed by atoms with Gasteiger partial charge in [-0.1, -0.05) is 13.3 Å². The summed E-state index contributed by atoms with van der Waals surface area (Å²) < 4.78 is 0. The van der Waals surface area contributed by atoms with E-state index in [0.29, 0.717) is 0 Å². The Labute approximate surface area is 113 Å². The summed E-state index contributed by atoms with van der Waals surface area (Å²) in [6, 6.07) is 6.48. The van der Waals surface area contributed by atoms with E-state index in [1.54, 1.807) is 26.0 Å². The predicted molar refractivity (Wildman–Crippen MR) is 76.9 cm³/mol. The highest BCUT2D eigenvalue weighted by molar-refractivity contribution is 5.67. The largest absolute Gasteiger partial charge is 0.386 e. The molecule has 4 nitrogen and oxygen atoms in total. The van der Waals surface area contributed by atoms with Crippen molar-refractivity contribution in [1.82, 2.24) is 0 Å². The number of nitrogens with zero attached hydrogens (tertiary/aromatic N) is 1. The summed E-state index contributed by atoms with van der Waals surface area (Å²) in [4.78, 5) is 10.2. The van der Waals surface area contributed by atoms with Gasteiger partial charge in [0, 0.05) is 12.1 Å². The minimum absolute atomic E-state index is 0.0850. The zero-order valence-electron chi connectivity index (χ0n) is 11.7. The molecule has 0 amide bonds. The van der Waals surface area contributed by atoms with Crippen LogP contribution in [0.2, 0.25) is 0 Å². The van der Waals surface area contributed by atoms with Gasteiger partial charge in [0.1, 0.15) is 0 Å². The minimum atomic E-state index is -0.884. The van der Waals surface area contributed by atoms with E-state index in [1.165, 1.54) is 12.1 Å². The van der Waals surface area contributed by atoms with Crippen LogP contribution in [0.5, 0.6) is 0 Å². The Morgan fingerprint density at radius 3 is 2.37 bits per heavy atom. The first kappa shape index (κ1) is 15.4. The zero-order valence-corrected chi connectivity index (χ0v) is 11.7. The van der Waals surface area contributed by atoms with Crippen molar-refractivity contribution in [2.75, 3.05) is 0 Å². The van der Waals surface area contributed by atoms with E-state index in [4.69, 9.17) is 0 Å². The molecule has 1 N–H and O–H groups in total. The lowest BCUT2D eigenvalue weighted by molar-refractivity contribution is -0.384. The number of hydrogen-bond acceptors (Lipinski definition) is 3. The maximum atomic E-state index is 10.6. The summed E-state index contributed by atoms with van der Waals surface area (Å²) in [5, 5.41) is 20.5. The average molecular weight is 263 g/mol. The standard InChI is InChI=1S/C15H21NO3/c1-4-5-6-13(11-15(2,3)17)12-7-9-14(10-8-12)16(18)19/h7-11,17H,4-6H2,1-3H3/b13-11+. The summed E-state index contributed by atoms with van der Waals surface area (Å²) in [5.74, 6) is 0. The van der Waals surface area contributed by atoms with E-state index in [1.807, 2.05) is 6.08 Å². The van der Waals surface area contributed by atoms with Crippen LogP contribution >= 0.6 is 0 Å². The van der Waals surface area contributed by atoms with Crippen LogP contribution in [0.3, 0.4) is 0 Å². The highest BCUT2D eigenvalue weighted by atomic mass is 16.6. The van der Waals surface area contributed by atoms with Gasteiger partial charge in [0.25, 0.3) is 5.69 Å². The fraction of sp³-hybridized carbons (Fsp3) is 0.467. The third-order valence-electron chi connectivity index (χ3n) is 2.78. The van der Waals surface area contributed by atoms with Crippen molar-refractivity contribution in [3.8, 4) is 0 Å². The van der Waals surface area contributed by atoms with Crippen molar-refractivity contribution >= 4 is 11.3 Å². The Morgan fingerprint density at radius 2 is 1.95 bits per heavy atom. The van der Waals surface area contributed by atoms with Gasteiger partial charge in [0.2, 0.25) is 0 Å². The average Bonchev–Trinajstić information content (AvgIpc) is 2.33. The van der Waals surface area contributed by atoms with Gasteiger partial charge < -0.3 is 5.11 Å². The molecule has 0 saturated carbocycles. The van der Waals surface area contributed by atoms with Crippen LogP contribution < -0.4 is 0 Å². The summed E-state index contributed by atoms with van der Waals surface area (Å²) in [6.07, 6.45) is 4.78. The van der Waals surface area contributed by atoms with Gasteiger partial charge in [0.15, 0.2) is 0 Å². The number of non-ortho nitro benzene ring substituents is 1. The molecule has 104 valence electrons. The summed E-state index contributed by atoms with van der Waals surface area (Å²) >= 11 is 0. The van der Waals surface area contributed by atoms with Crippen LogP contribution in [0.25, 0.3) is 5.57 Å². The van der Waals surface area contributed by atoms with Gasteiger partial charge >= 0.3 is 0 Å². The molecule has 0 bridgehead atoms. The molecular formula is C15H21NO3. The monoisotopic (exact) mass is 263 g/mol. The number of rotatable bonds is 6. The number of allylic oxidation sites excluding steroid dienone is 1. The summed E-state index contributed by atoms with van der Waals surface area (Å²) in [7, 11) is 0. The van der Waals surface area contributed by atoms with Gasteiger partial charge in [-0.3, -0.25) is 10.1 Å². The molecule has 19 heavy (non-hydrogen) atoms. The van der Waals surface area contributed by atoms with E-state index in [2.05, 4.69) is 6.92 Å². The molecule has 0 aliphatic heterocycles. The van der Waals surface area contributed by atoms with Crippen molar-refractivity contribution in [3.63, 3.8) is 0 Å². The number of hydrogen-bond donors (Lipinski definition) is 1. The van der Waals surface area contributed by atoms with Crippen LogP contribution in [-0.4, -0.2) is 15.6 Å². The molecule has 0 aliphatic rings. The van der Waals surface area contributed by atoms with Crippen molar-refractivity contribution in [1.29, 1.82) is 0 Å². The Hall–Kier alpha value is -1.68. The van der Waals surface area contributed by atoms with Crippen LogP contribution in [-0.2, 0) is 0 Å². The van der Waals surface area contributed by atoms with Crippen molar-refractivity contribution in [2.45, 2.75) is 45.6 Å². The maximum Gasteiger partial charge on any atom is 0.269 e. The van der Waals surface area contributed by atoms with E-state index in [0.717, 1.165) is 30.4 Å². The van der Waals surface area contributed by atoms with Crippen molar-refractivity contribution in [3.05, 3.63) is 46.0 Å². The number of aliphatic hydroxyl groups is 1. The van der Waals surface area contributed by atoms with Crippen molar-refractivity contribution < 1.29 is 10.0 Å². The highest BCUT2D eigenvalue weighted by Gasteiger charge is 2.13. The van der Waals surface area contributed by atoms with Crippen molar-refractivity contribution in [2.24, 2.45) is 0 Å². The fourth-order valence-corrected chi connectivity index (χ4v) is 1.89. The maximum absolute atomic E-state index is 10.6. The SMILES string of the molecule is CCCC/C(=C\C(C)(C)O)c1ccc([N+](=O)[O-])cc1. The molecule has 0 unspecified atom stereocenters. The molecule has 1 rings (SSSR count). The molecule has 1 aromatic carbocycles. The van der Waals surface area contributed by atoms with Gasteiger partial charge in [-0.2, -0.15) is 0 Å². The quantitative estimate of drug-likeness (QED) is 0.624. The molecule has 0 heterocycles. The lowest BCUT2D eigenvalue weighted by atomic mass is 9.95. The van der Waals surface area contributed by atoms with Crippen LogP contribution in [0.15, 0.2) is 30.3 Å². The number of benzene rings is 1. The number of unbranched alkanes of at least 4 members (excludes halogenated alkanes) is 1. The molecule has 4 heteroatoms. The smallest absolute Gasteiger partial charge is 0.269 e. The summed E-state index contributed by atoms with van der Waals surface area (Å²) in [6.45, 7) is 5.56. The third-order valence-corrected chi connectivity index (χ3v) is 2.78. The normalized spacial score (nSPS) is 12.5. The molecule has 1 aromatic rings. The Bertz CT molecular complexity index is 455. The lowest BCUT2D eigenvalue weighted by Crippen LogP contribution is -2.15. The van der Waals surface area contributed by atoms with Crippen LogP contribution in [0.1, 0.15) is 45.6 Å². The van der Waals surface area contributed by atoms with Gasteiger partial charge in [0.05, 0.1) is 10.5 Å². The second kappa shape index (κ2) is 6.48. The molecule has 0 saturated heterocycles. The van der Waals surface area contributed by atoms with E-state index in [9.17, 15) is 15.2 Å². The van der Waals surface area contributed by atoms with Gasteiger partial charge in [-0.05, 0) is 56.0 Å². The molecule has 0 aromatic heterocycles. The van der Waals surface area contributed by atoms with Gasteiger partial charge in [-0.15, -0.1) is 0 Å². The highest BCUT2D eigenvalue weighted by Crippen LogP contribution is 2.25. The Balaban J connectivity index is 3.04. The van der Waals surface area contributed by atoms with E-state index in [-0.39, 0.29) is 5.69 Å². The fourth-order valence-electron chi connectivity index (χ4n) is 1.89. The molecular weight excluding hydrogens is 242 g/mol. The van der Waals surface area contributed by atoms with Gasteiger partial charge in [-0.25, -0.2) is 0 Å². The van der Waals surface area contributed by atoms with Crippen LogP contribution in [0, 0.1) is 10.1 Å².